The fourth-order valence-electron chi connectivity index (χ4n) is 7.81. The van der Waals surface area contributed by atoms with E-state index in [2.05, 4.69) is 34.6 Å². The smallest absolute Gasteiger partial charge is 0.306 e. The molecule has 0 heterocycles. The summed E-state index contributed by atoms with van der Waals surface area (Å²) in [5.74, 6) is 0.731. The summed E-state index contributed by atoms with van der Waals surface area (Å²) in [6.07, 6.45) is 45.3. The lowest BCUT2D eigenvalue weighted by molar-refractivity contribution is -0.167. The van der Waals surface area contributed by atoms with Gasteiger partial charge >= 0.3 is 17.9 Å². The van der Waals surface area contributed by atoms with Crippen LogP contribution in [0.2, 0.25) is 0 Å². The number of rotatable bonds is 46. The largest absolute Gasteiger partial charge is 0.462 e. The molecule has 0 aliphatic carbocycles. The molecule has 0 aliphatic heterocycles. The van der Waals surface area contributed by atoms with Crippen molar-refractivity contribution in [3.8, 4) is 0 Å². The van der Waals surface area contributed by atoms with Crippen LogP contribution < -0.4 is 0 Å². The van der Waals surface area contributed by atoms with E-state index in [9.17, 15) is 14.4 Å². The van der Waals surface area contributed by atoms with Gasteiger partial charge in [-0.2, -0.15) is 0 Å². The lowest BCUT2D eigenvalue weighted by Gasteiger charge is -2.18. The van der Waals surface area contributed by atoms with Crippen molar-refractivity contribution < 1.29 is 28.6 Å². The molecule has 0 saturated heterocycles. The Labute approximate surface area is 361 Å². The molecule has 0 aromatic carbocycles. The van der Waals surface area contributed by atoms with Gasteiger partial charge in [-0.15, -0.1) is 0 Å². The van der Waals surface area contributed by atoms with E-state index in [0.717, 1.165) is 69.6 Å². The zero-order chi connectivity index (χ0) is 42.6. The van der Waals surface area contributed by atoms with Crippen molar-refractivity contribution in [3.63, 3.8) is 0 Å². The highest BCUT2D eigenvalue weighted by atomic mass is 16.6. The van der Waals surface area contributed by atoms with Gasteiger partial charge in [-0.3, -0.25) is 14.4 Å². The topological polar surface area (TPSA) is 78.9 Å². The predicted octanol–water partition coefficient (Wildman–Crippen LogP) is 16.5. The van der Waals surface area contributed by atoms with Crippen LogP contribution in [-0.4, -0.2) is 37.2 Å². The molecular formula is C52H100O6. The molecule has 1 atom stereocenters. The molecule has 0 aromatic heterocycles. The van der Waals surface area contributed by atoms with Crippen LogP contribution in [-0.2, 0) is 28.6 Å². The van der Waals surface area contributed by atoms with Gasteiger partial charge in [-0.05, 0) is 31.1 Å². The van der Waals surface area contributed by atoms with Crippen LogP contribution in [0, 0.1) is 11.8 Å². The SMILES string of the molecule is CCCCCCCCCCCCCCCCCCCC(=O)OC[C@@H](COC(=O)CCCCCCCCCCCCCC(C)C)OC(=O)CCCCCCCCC(C)C. The van der Waals surface area contributed by atoms with Crippen LogP contribution >= 0.6 is 0 Å². The Morgan fingerprint density at radius 2 is 0.569 bits per heavy atom. The van der Waals surface area contributed by atoms with Gasteiger partial charge in [-0.25, -0.2) is 0 Å². The quantitative estimate of drug-likeness (QED) is 0.0346. The zero-order valence-corrected chi connectivity index (χ0v) is 39.7. The molecule has 0 unspecified atom stereocenters. The average molecular weight is 821 g/mol. The fraction of sp³-hybridized carbons (Fsp3) is 0.942. The standard InChI is InChI=1S/C52H100O6/c1-6-7-8-9-10-11-12-13-14-15-16-17-20-23-26-32-37-42-50(53)56-45-49(58-52(55)44-39-34-29-28-31-36-41-48(4)5)46-57-51(54)43-38-33-27-24-21-18-19-22-25-30-35-40-47(2)3/h47-49H,6-46H2,1-5H3/t49-/m0/s1. The third-order valence-electron chi connectivity index (χ3n) is 11.7. The molecule has 0 rings (SSSR count). The number of hydrogen-bond donors (Lipinski definition) is 0. The number of carbonyl (C=O) groups is 3. The summed E-state index contributed by atoms with van der Waals surface area (Å²) in [7, 11) is 0. The van der Waals surface area contributed by atoms with Crippen LogP contribution in [0.5, 0.6) is 0 Å². The maximum atomic E-state index is 12.7. The number of carbonyl (C=O) groups excluding carboxylic acids is 3. The fourth-order valence-corrected chi connectivity index (χ4v) is 7.81. The minimum Gasteiger partial charge on any atom is -0.462 e. The van der Waals surface area contributed by atoms with Crippen molar-refractivity contribution in [2.24, 2.45) is 11.8 Å². The Hall–Kier alpha value is -1.59. The Kier molecular flexibility index (Phi) is 43.7. The van der Waals surface area contributed by atoms with Gasteiger partial charge in [0.1, 0.15) is 13.2 Å². The highest BCUT2D eigenvalue weighted by molar-refractivity contribution is 5.71. The predicted molar refractivity (Wildman–Crippen MR) is 247 cm³/mol. The van der Waals surface area contributed by atoms with Gasteiger partial charge in [0.25, 0.3) is 0 Å². The number of ether oxygens (including phenoxy) is 3. The molecule has 344 valence electrons. The second-order valence-electron chi connectivity index (χ2n) is 18.8. The molecule has 6 heteroatoms. The van der Waals surface area contributed by atoms with E-state index >= 15 is 0 Å². The zero-order valence-electron chi connectivity index (χ0n) is 39.7. The first-order chi connectivity index (χ1) is 28.2. The summed E-state index contributed by atoms with van der Waals surface area (Å²) in [4.78, 5) is 37.9. The van der Waals surface area contributed by atoms with Crippen molar-refractivity contribution in [2.75, 3.05) is 13.2 Å². The second-order valence-corrected chi connectivity index (χ2v) is 18.8. The number of unbranched alkanes of at least 4 members (excludes halogenated alkanes) is 31. The first-order valence-corrected chi connectivity index (χ1v) is 25.7. The Balaban J connectivity index is 4.23. The molecule has 0 N–H and O–H groups in total. The molecule has 0 saturated carbocycles. The maximum Gasteiger partial charge on any atom is 0.306 e. The van der Waals surface area contributed by atoms with Gasteiger partial charge in [0.05, 0.1) is 0 Å². The first kappa shape index (κ1) is 56.4. The van der Waals surface area contributed by atoms with Crippen LogP contribution in [0.25, 0.3) is 0 Å². The van der Waals surface area contributed by atoms with Crippen LogP contribution in [0.4, 0.5) is 0 Å². The lowest BCUT2D eigenvalue weighted by atomic mass is 10.0. The van der Waals surface area contributed by atoms with Crippen LogP contribution in [0.15, 0.2) is 0 Å². The van der Waals surface area contributed by atoms with Gasteiger partial charge in [0, 0.05) is 19.3 Å². The summed E-state index contributed by atoms with van der Waals surface area (Å²) in [6.45, 7) is 11.3. The van der Waals surface area contributed by atoms with E-state index in [1.165, 1.54) is 173 Å². The third-order valence-corrected chi connectivity index (χ3v) is 11.7. The second kappa shape index (κ2) is 44.9. The summed E-state index contributed by atoms with van der Waals surface area (Å²) in [6, 6.07) is 0. The minimum atomic E-state index is -0.762. The van der Waals surface area contributed by atoms with Gasteiger partial charge in [0.15, 0.2) is 6.10 Å². The summed E-state index contributed by atoms with van der Waals surface area (Å²) >= 11 is 0. The average Bonchev–Trinajstić information content (AvgIpc) is 3.19. The molecule has 0 radical (unpaired) electrons. The van der Waals surface area contributed by atoms with E-state index in [1.807, 2.05) is 0 Å². The van der Waals surface area contributed by atoms with Crippen molar-refractivity contribution in [1.29, 1.82) is 0 Å². The molecule has 0 amide bonds. The minimum absolute atomic E-state index is 0.0649. The van der Waals surface area contributed by atoms with E-state index in [4.69, 9.17) is 14.2 Å². The highest BCUT2D eigenvalue weighted by Gasteiger charge is 2.19. The number of hydrogen-bond acceptors (Lipinski definition) is 6. The molecular weight excluding hydrogens is 721 g/mol. The van der Waals surface area contributed by atoms with Gasteiger partial charge in [0.2, 0.25) is 0 Å². The maximum absolute atomic E-state index is 12.7. The molecule has 6 nitrogen and oxygen atoms in total. The molecule has 0 aromatic rings. The Morgan fingerprint density at radius 1 is 0.328 bits per heavy atom. The third kappa shape index (κ3) is 45.5. The van der Waals surface area contributed by atoms with E-state index in [0.29, 0.717) is 19.3 Å². The highest BCUT2D eigenvalue weighted by Crippen LogP contribution is 2.17. The van der Waals surface area contributed by atoms with Crippen LogP contribution in [0.3, 0.4) is 0 Å². The summed E-state index contributed by atoms with van der Waals surface area (Å²) < 4.78 is 16.8. The van der Waals surface area contributed by atoms with E-state index in [-0.39, 0.29) is 31.1 Å². The van der Waals surface area contributed by atoms with Crippen molar-refractivity contribution in [3.05, 3.63) is 0 Å². The molecule has 58 heavy (non-hydrogen) atoms. The molecule has 0 aliphatic rings. The summed E-state index contributed by atoms with van der Waals surface area (Å²) in [5.41, 5.74) is 0. The van der Waals surface area contributed by atoms with Crippen molar-refractivity contribution >= 4 is 17.9 Å². The van der Waals surface area contributed by atoms with E-state index in [1.54, 1.807) is 0 Å². The first-order valence-electron chi connectivity index (χ1n) is 25.7. The van der Waals surface area contributed by atoms with Crippen molar-refractivity contribution in [2.45, 2.75) is 291 Å². The monoisotopic (exact) mass is 821 g/mol. The van der Waals surface area contributed by atoms with Crippen molar-refractivity contribution in [1.82, 2.24) is 0 Å². The lowest BCUT2D eigenvalue weighted by Crippen LogP contribution is -2.30. The van der Waals surface area contributed by atoms with Gasteiger partial charge in [-0.1, -0.05) is 247 Å². The molecule has 0 bridgehead atoms. The van der Waals surface area contributed by atoms with Crippen LogP contribution in [0.1, 0.15) is 285 Å². The molecule has 0 spiro atoms. The Bertz CT molecular complexity index is 885. The number of esters is 3. The normalized spacial score (nSPS) is 12.1. The Morgan fingerprint density at radius 3 is 0.845 bits per heavy atom. The van der Waals surface area contributed by atoms with E-state index < -0.39 is 6.10 Å². The molecule has 0 fully saturated rings. The summed E-state index contributed by atoms with van der Waals surface area (Å²) in [5, 5.41) is 0. The van der Waals surface area contributed by atoms with Gasteiger partial charge < -0.3 is 14.2 Å².